The Kier molecular flexibility index (Phi) is 7.85. The van der Waals surface area contributed by atoms with E-state index in [1.807, 2.05) is 67.4 Å². The summed E-state index contributed by atoms with van der Waals surface area (Å²) < 4.78 is 0. The van der Waals surface area contributed by atoms with Crippen LogP contribution < -0.4 is 10.4 Å². The van der Waals surface area contributed by atoms with Crippen molar-refractivity contribution in [1.29, 1.82) is 0 Å². The second-order valence-corrected chi connectivity index (χ2v) is 7.27. The number of nitrogens with one attached hydrogen (secondary N) is 1. The van der Waals surface area contributed by atoms with Gasteiger partial charge in [-0.3, -0.25) is 15.1 Å². The van der Waals surface area contributed by atoms with Crippen molar-refractivity contribution < 1.29 is 14.7 Å². The van der Waals surface area contributed by atoms with Gasteiger partial charge in [-0.05, 0) is 41.3 Å². The zero-order valence-electron chi connectivity index (χ0n) is 17.9. The van der Waals surface area contributed by atoms with Gasteiger partial charge in [-0.15, -0.1) is 0 Å². The van der Waals surface area contributed by atoms with Gasteiger partial charge in [0.25, 0.3) is 0 Å². The molecule has 3 aromatic rings. The number of benzene rings is 3. The molecule has 0 aliphatic carbocycles. The van der Waals surface area contributed by atoms with Crippen LogP contribution in [0.1, 0.15) is 24.5 Å². The Balaban J connectivity index is 1.57. The predicted octanol–water partition coefficient (Wildman–Crippen LogP) is 5.35. The molecule has 0 atom stereocenters. The summed E-state index contributed by atoms with van der Waals surface area (Å²) in [6, 6.07) is 26.5. The van der Waals surface area contributed by atoms with E-state index in [1.165, 1.54) is 11.1 Å². The van der Waals surface area contributed by atoms with Gasteiger partial charge >= 0.3 is 5.97 Å². The largest absolute Gasteiger partial charge is 0.481 e. The van der Waals surface area contributed by atoms with Crippen LogP contribution in [0, 0.1) is 0 Å². The monoisotopic (exact) mass is 416 g/mol. The summed E-state index contributed by atoms with van der Waals surface area (Å²) in [6.07, 6.45) is 2.08. The molecular formula is C26H28N2O3. The van der Waals surface area contributed by atoms with Crippen LogP contribution in [0.4, 0.5) is 5.69 Å². The third-order valence-electron chi connectivity index (χ3n) is 5.03. The van der Waals surface area contributed by atoms with Crippen molar-refractivity contribution >= 4 is 17.4 Å². The first-order valence-electron chi connectivity index (χ1n) is 10.3. The van der Waals surface area contributed by atoms with E-state index in [4.69, 9.17) is 9.94 Å². The second kappa shape index (κ2) is 11.0. The second-order valence-electron chi connectivity index (χ2n) is 7.27. The van der Waals surface area contributed by atoms with Crippen molar-refractivity contribution in [2.24, 2.45) is 0 Å². The van der Waals surface area contributed by atoms with E-state index >= 15 is 0 Å². The highest BCUT2D eigenvalue weighted by Crippen LogP contribution is 2.22. The average Bonchev–Trinajstić information content (AvgIpc) is 2.81. The quantitative estimate of drug-likeness (QED) is 0.437. The Bertz CT molecular complexity index is 1010. The van der Waals surface area contributed by atoms with Crippen molar-refractivity contribution in [1.82, 2.24) is 5.48 Å². The van der Waals surface area contributed by atoms with E-state index in [0.717, 1.165) is 22.5 Å². The zero-order valence-corrected chi connectivity index (χ0v) is 17.9. The van der Waals surface area contributed by atoms with Gasteiger partial charge in [-0.2, -0.15) is 0 Å². The Morgan fingerprint density at radius 2 is 1.71 bits per heavy atom. The van der Waals surface area contributed by atoms with Crippen LogP contribution in [0.25, 0.3) is 16.8 Å². The Labute approximate surface area is 183 Å². The van der Waals surface area contributed by atoms with Crippen molar-refractivity contribution in [3.63, 3.8) is 0 Å². The molecule has 0 amide bonds. The summed E-state index contributed by atoms with van der Waals surface area (Å²) in [7, 11) is 1.89. The molecular weight excluding hydrogens is 388 g/mol. The molecule has 31 heavy (non-hydrogen) atoms. The lowest BCUT2D eigenvalue weighted by molar-refractivity contribution is -0.136. The number of carbonyl (C=O) groups is 1. The molecule has 2 N–H and O–H groups in total. The van der Waals surface area contributed by atoms with E-state index in [-0.39, 0.29) is 6.42 Å². The van der Waals surface area contributed by atoms with Gasteiger partial charge in [0.15, 0.2) is 0 Å². The molecule has 0 aromatic heterocycles. The number of hydrogen-bond acceptors (Lipinski definition) is 4. The van der Waals surface area contributed by atoms with E-state index in [2.05, 4.69) is 41.9 Å². The number of allylic oxidation sites excluding steroid dienone is 1. The van der Waals surface area contributed by atoms with Crippen LogP contribution in [0.15, 0.2) is 84.9 Å². The molecule has 0 fully saturated rings. The molecule has 0 aliphatic rings. The fourth-order valence-electron chi connectivity index (χ4n) is 3.23. The first kappa shape index (κ1) is 22.1. The number of aliphatic carboxylic acids is 1. The molecule has 3 rings (SSSR count). The Morgan fingerprint density at radius 3 is 2.39 bits per heavy atom. The lowest BCUT2D eigenvalue weighted by Crippen LogP contribution is -2.21. The number of anilines is 1. The highest BCUT2D eigenvalue weighted by atomic mass is 16.6. The molecule has 3 aromatic carbocycles. The maximum absolute atomic E-state index is 10.8. The lowest BCUT2D eigenvalue weighted by atomic mass is 10.0. The number of nitrogens with zero attached hydrogens (tertiary/aromatic N) is 1. The van der Waals surface area contributed by atoms with E-state index in [9.17, 15) is 4.79 Å². The topological polar surface area (TPSA) is 61.8 Å². The summed E-state index contributed by atoms with van der Waals surface area (Å²) in [5, 5.41) is 8.86. The molecule has 0 radical (unpaired) electrons. The summed E-state index contributed by atoms with van der Waals surface area (Å²) in [4.78, 5) is 18.5. The third-order valence-corrected chi connectivity index (χ3v) is 5.03. The van der Waals surface area contributed by atoms with Crippen LogP contribution in [0.2, 0.25) is 0 Å². The van der Waals surface area contributed by atoms with E-state index in [0.29, 0.717) is 13.2 Å². The van der Waals surface area contributed by atoms with Crippen molar-refractivity contribution in [2.45, 2.75) is 20.0 Å². The minimum absolute atomic E-state index is 0.104. The van der Waals surface area contributed by atoms with Gasteiger partial charge < -0.3 is 10.0 Å². The molecule has 160 valence electrons. The summed E-state index contributed by atoms with van der Waals surface area (Å²) >= 11 is 0. The highest BCUT2D eigenvalue weighted by molar-refractivity contribution is 5.69. The molecule has 0 aliphatic heterocycles. The maximum Gasteiger partial charge on any atom is 0.305 e. The minimum Gasteiger partial charge on any atom is -0.481 e. The fourth-order valence-corrected chi connectivity index (χ4v) is 3.23. The molecule has 0 heterocycles. The highest BCUT2D eigenvalue weighted by Gasteiger charge is 2.06. The smallest absolute Gasteiger partial charge is 0.305 e. The first-order chi connectivity index (χ1) is 15.1. The number of carboxylic acids is 1. The summed E-state index contributed by atoms with van der Waals surface area (Å²) in [5.41, 5.74) is 9.32. The third kappa shape index (κ3) is 6.46. The standard InChI is InChI=1S/C26H28N2O3/c1-3-25(23-14-12-22(13-15-23)21-9-5-4-6-10-21)27-31-19-20-8-7-11-24(18-20)28(2)17-16-26(29)30/h3-15,18,27H,16-17,19H2,1-2H3,(H,29,30). The van der Waals surface area contributed by atoms with Crippen LogP contribution in [-0.4, -0.2) is 24.7 Å². The van der Waals surface area contributed by atoms with Crippen molar-refractivity contribution in [2.75, 3.05) is 18.5 Å². The number of hydrogen-bond donors (Lipinski definition) is 2. The van der Waals surface area contributed by atoms with Gasteiger partial charge in [-0.1, -0.05) is 72.8 Å². The molecule has 0 spiro atoms. The molecule has 0 unspecified atom stereocenters. The normalized spacial score (nSPS) is 11.2. The van der Waals surface area contributed by atoms with Crippen LogP contribution >= 0.6 is 0 Å². The average molecular weight is 417 g/mol. The first-order valence-corrected chi connectivity index (χ1v) is 10.3. The van der Waals surface area contributed by atoms with Gasteiger partial charge in [0.1, 0.15) is 0 Å². The molecule has 5 heteroatoms. The van der Waals surface area contributed by atoms with Crippen LogP contribution in [-0.2, 0) is 16.2 Å². The summed E-state index contributed by atoms with van der Waals surface area (Å²) in [6.45, 7) is 2.81. The number of hydroxylamine groups is 1. The summed E-state index contributed by atoms with van der Waals surface area (Å²) in [5.74, 6) is -0.800. The van der Waals surface area contributed by atoms with Gasteiger partial charge in [0.2, 0.25) is 0 Å². The lowest BCUT2D eigenvalue weighted by Gasteiger charge is -2.19. The predicted molar refractivity (Wildman–Crippen MR) is 125 cm³/mol. The molecule has 5 nitrogen and oxygen atoms in total. The Hall–Kier alpha value is -3.57. The van der Waals surface area contributed by atoms with Crippen LogP contribution in [0.3, 0.4) is 0 Å². The maximum atomic E-state index is 10.8. The molecule has 0 saturated heterocycles. The fraction of sp³-hybridized carbons (Fsp3) is 0.192. The minimum atomic E-state index is -0.800. The molecule has 0 bridgehead atoms. The molecule has 0 saturated carbocycles. The van der Waals surface area contributed by atoms with Crippen molar-refractivity contribution in [3.05, 3.63) is 96.1 Å². The van der Waals surface area contributed by atoms with Crippen LogP contribution in [0.5, 0.6) is 0 Å². The van der Waals surface area contributed by atoms with Crippen molar-refractivity contribution in [3.8, 4) is 11.1 Å². The van der Waals surface area contributed by atoms with Gasteiger partial charge in [0.05, 0.1) is 18.7 Å². The Morgan fingerprint density at radius 1 is 1.00 bits per heavy atom. The van der Waals surface area contributed by atoms with E-state index < -0.39 is 5.97 Å². The SMILES string of the molecule is CC=C(NOCc1cccc(N(C)CCC(=O)O)c1)c1ccc(-c2ccccc2)cc1. The van der Waals surface area contributed by atoms with Gasteiger partial charge in [-0.25, -0.2) is 0 Å². The zero-order chi connectivity index (χ0) is 22.1. The van der Waals surface area contributed by atoms with Gasteiger partial charge in [0, 0.05) is 19.3 Å². The van der Waals surface area contributed by atoms with E-state index in [1.54, 1.807) is 0 Å². The number of carboxylic acid groups (broad SMARTS) is 1. The number of rotatable bonds is 10.